The maximum absolute atomic E-state index is 12.1. The molecule has 1 fully saturated rings. The fourth-order valence-electron chi connectivity index (χ4n) is 2.93. The smallest absolute Gasteiger partial charge is 0.338 e. The minimum Gasteiger partial charge on any atom is -0.465 e. The van der Waals surface area contributed by atoms with Crippen molar-refractivity contribution in [1.29, 1.82) is 0 Å². The maximum Gasteiger partial charge on any atom is 0.338 e. The van der Waals surface area contributed by atoms with Gasteiger partial charge in [0.2, 0.25) is 0 Å². The number of esters is 1. The van der Waals surface area contributed by atoms with Gasteiger partial charge in [0.25, 0.3) is 11.3 Å². The molecule has 0 aliphatic carbocycles. The predicted molar refractivity (Wildman–Crippen MR) is 104 cm³/mol. The molecule has 1 aliphatic heterocycles. The summed E-state index contributed by atoms with van der Waals surface area (Å²) in [6.45, 7) is 1.77. The Morgan fingerprint density at radius 2 is 1.92 bits per heavy atom. The Morgan fingerprint density at radius 3 is 2.54 bits per heavy atom. The van der Waals surface area contributed by atoms with E-state index in [0.717, 1.165) is 41.4 Å². The third-order valence-electron chi connectivity index (χ3n) is 4.10. The first-order valence-corrected chi connectivity index (χ1v) is 10.1. The zero-order chi connectivity index (χ0) is 18.5. The fraction of sp³-hybridized carbons (Fsp3) is 0.278. The topological polar surface area (TPSA) is 78.9 Å². The Labute approximate surface area is 159 Å². The fourth-order valence-corrected chi connectivity index (χ4v) is 4.38. The summed E-state index contributed by atoms with van der Waals surface area (Å²) in [5, 5.41) is 0. The minimum absolute atomic E-state index is 0.347. The molecule has 0 amide bonds. The van der Waals surface area contributed by atoms with E-state index in [9.17, 15) is 13.6 Å². The molecular weight excluding hydrogens is 372 g/mol. The van der Waals surface area contributed by atoms with Crippen LogP contribution in [0.1, 0.15) is 23.2 Å². The Hall–Kier alpha value is -2.03. The van der Waals surface area contributed by atoms with Crippen molar-refractivity contribution in [2.75, 3.05) is 29.8 Å². The molecule has 6 nitrogen and oxygen atoms in total. The largest absolute Gasteiger partial charge is 0.465 e. The van der Waals surface area contributed by atoms with Gasteiger partial charge in [-0.15, -0.1) is 0 Å². The average molecular weight is 393 g/mol. The number of nitrogens with one attached hydrogen (secondary N) is 1. The summed E-state index contributed by atoms with van der Waals surface area (Å²) < 4.78 is 28.2. The summed E-state index contributed by atoms with van der Waals surface area (Å²) >= 11 is -0.756. The molecule has 3 rings (SSSR count). The van der Waals surface area contributed by atoms with Crippen LogP contribution in [0.3, 0.4) is 0 Å². The summed E-state index contributed by atoms with van der Waals surface area (Å²) in [5.41, 5.74) is 1.65. The lowest BCUT2D eigenvalue weighted by atomic mass is 10.1. The van der Waals surface area contributed by atoms with E-state index < -0.39 is 17.2 Å². The van der Waals surface area contributed by atoms with Gasteiger partial charge in [0.05, 0.1) is 28.9 Å². The highest BCUT2D eigenvalue weighted by Crippen LogP contribution is 2.43. The van der Waals surface area contributed by atoms with Crippen LogP contribution in [0.25, 0.3) is 0 Å². The van der Waals surface area contributed by atoms with Crippen molar-refractivity contribution < 1.29 is 18.3 Å². The molecule has 8 heteroatoms. The third-order valence-corrected chi connectivity index (χ3v) is 5.63. The summed E-state index contributed by atoms with van der Waals surface area (Å²) in [5.74, 6) is -0.478. The van der Waals surface area contributed by atoms with Crippen molar-refractivity contribution >= 4 is 40.4 Å². The van der Waals surface area contributed by atoms with Crippen molar-refractivity contribution in [2.45, 2.75) is 22.6 Å². The monoisotopic (exact) mass is 392 g/mol. The first-order chi connectivity index (χ1) is 12.6. The van der Waals surface area contributed by atoms with E-state index in [-0.39, 0.29) is 0 Å². The molecule has 1 unspecified atom stereocenters. The highest BCUT2D eigenvalue weighted by Gasteiger charge is 2.23. The van der Waals surface area contributed by atoms with E-state index >= 15 is 0 Å². The van der Waals surface area contributed by atoms with Gasteiger partial charge in [-0.05, 0) is 37.1 Å². The molecule has 2 N–H and O–H groups in total. The van der Waals surface area contributed by atoms with Crippen molar-refractivity contribution in [3.63, 3.8) is 0 Å². The van der Waals surface area contributed by atoms with Crippen molar-refractivity contribution in [3.05, 3.63) is 48.0 Å². The molecule has 2 aromatic carbocycles. The van der Waals surface area contributed by atoms with Crippen LogP contribution >= 0.6 is 11.8 Å². The second-order valence-corrected chi connectivity index (χ2v) is 7.61. The number of nitrogens with zero attached hydrogens (tertiary/aromatic N) is 1. The van der Waals surface area contributed by atoms with E-state index in [1.54, 1.807) is 12.1 Å². The van der Waals surface area contributed by atoms with Crippen LogP contribution in [0.15, 0.2) is 52.3 Å². The number of carbonyl (C=O) groups excluding carboxylic acids is 1. The number of anilines is 2. The van der Waals surface area contributed by atoms with Crippen LogP contribution in [0, 0.1) is 0 Å². The molecule has 2 aromatic rings. The second kappa shape index (κ2) is 8.57. The molecule has 138 valence electrons. The quantitative estimate of drug-likeness (QED) is 0.575. The lowest BCUT2D eigenvalue weighted by Gasteiger charge is -2.24. The van der Waals surface area contributed by atoms with Gasteiger partial charge < -0.3 is 9.64 Å². The van der Waals surface area contributed by atoms with Gasteiger partial charge in [0, 0.05) is 18.0 Å². The summed E-state index contributed by atoms with van der Waals surface area (Å²) in [4.78, 5) is 16.1. The summed E-state index contributed by atoms with van der Waals surface area (Å²) in [7, 11) is 1.32. The molecule has 1 aliphatic rings. The number of hydrogen-bond donors (Lipinski definition) is 2. The summed E-state index contributed by atoms with van der Waals surface area (Å²) in [6, 6.07) is 13.1. The normalized spacial score (nSPS) is 14.9. The number of carbonyl (C=O) groups is 1. The van der Waals surface area contributed by atoms with E-state index in [0.29, 0.717) is 11.3 Å². The van der Waals surface area contributed by atoms with Crippen LogP contribution < -0.4 is 9.62 Å². The molecule has 1 atom stereocenters. The van der Waals surface area contributed by atoms with E-state index in [2.05, 4.69) is 9.62 Å². The van der Waals surface area contributed by atoms with Crippen molar-refractivity contribution in [1.82, 2.24) is 0 Å². The lowest BCUT2D eigenvalue weighted by Crippen LogP contribution is -2.20. The van der Waals surface area contributed by atoms with Crippen molar-refractivity contribution in [3.8, 4) is 0 Å². The summed E-state index contributed by atoms with van der Waals surface area (Å²) in [6.07, 6.45) is 2.15. The molecule has 0 bridgehead atoms. The number of ether oxygens (including phenoxy) is 1. The van der Waals surface area contributed by atoms with Crippen LogP contribution in [-0.4, -0.2) is 34.9 Å². The zero-order valence-corrected chi connectivity index (χ0v) is 15.9. The van der Waals surface area contributed by atoms with Gasteiger partial charge in [-0.25, -0.2) is 9.00 Å². The lowest BCUT2D eigenvalue weighted by molar-refractivity contribution is 0.0600. The van der Waals surface area contributed by atoms with E-state index in [4.69, 9.17) is 4.74 Å². The number of methoxy groups -OCH3 is 1. The Bertz CT molecular complexity index is 808. The van der Waals surface area contributed by atoms with Crippen LogP contribution in [0.2, 0.25) is 0 Å². The number of benzene rings is 2. The van der Waals surface area contributed by atoms with Gasteiger partial charge in [0.15, 0.2) is 0 Å². The van der Waals surface area contributed by atoms with Crippen molar-refractivity contribution in [2.24, 2.45) is 0 Å². The first-order valence-electron chi connectivity index (χ1n) is 8.20. The number of rotatable bonds is 6. The van der Waals surface area contributed by atoms with Crippen LogP contribution in [0.5, 0.6) is 0 Å². The van der Waals surface area contributed by atoms with Crippen LogP contribution in [-0.2, 0) is 16.0 Å². The molecular formula is C18H20N2O4S2. The second-order valence-electron chi connectivity index (χ2n) is 5.82. The van der Waals surface area contributed by atoms with Gasteiger partial charge in [-0.3, -0.25) is 9.27 Å². The average Bonchev–Trinajstić information content (AvgIpc) is 3.17. The predicted octanol–water partition coefficient (Wildman–Crippen LogP) is 3.77. The zero-order valence-electron chi connectivity index (χ0n) is 14.3. The first kappa shape index (κ1) is 18.8. The van der Waals surface area contributed by atoms with Gasteiger partial charge in [0.1, 0.15) is 0 Å². The van der Waals surface area contributed by atoms with Crippen LogP contribution in [0.4, 0.5) is 11.4 Å². The Kier molecular flexibility index (Phi) is 6.18. The number of hydrogen-bond acceptors (Lipinski definition) is 5. The third kappa shape index (κ3) is 4.38. The minimum atomic E-state index is -2.25. The molecule has 0 spiro atoms. The van der Waals surface area contributed by atoms with E-state index in [1.165, 1.54) is 18.9 Å². The highest BCUT2D eigenvalue weighted by atomic mass is 32.2. The molecule has 0 radical (unpaired) electrons. The van der Waals surface area contributed by atoms with Gasteiger partial charge in [-0.1, -0.05) is 30.0 Å². The van der Waals surface area contributed by atoms with Gasteiger partial charge >= 0.3 is 5.97 Å². The molecule has 0 aromatic heterocycles. The maximum atomic E-state index is 12.1. The standard InChI is InChI=1S/C18H20N2O4S2/c1-24-18(21)13-11-15(19-26(22)23)17(25-14-7-3-2-4-8-14)16(12-13)20-9-5-6-10-20/h2-4,7-8,11-12,19H,5-6,9-10H2,1H3,(H,22,23). The Morgan fingerprint density at radius 1 is 1.23 bits per heavy atom. The van der Waals surface area contributed by atoms with Gasteiger partial charge in [-0.2, -0.15) is 0 Å². The molecule has 1 heterocycles. The Balaban J connectivity index is 2.12. The SMILES string of the molecule is COC(=O)c1cc(NS(=O)O)c(Sc2ccccc2)c(N2CCCC2)c1. The highest BCUT2D eigenvalue weighted by molar-refractivity contribution is 7.99. The van der Waals surface area contributed by atoms with E-state index in [1.807, 2.05) is 30.3 Å². The molecule has 0 saturated carbocycles. The molecule has 1 saturated heterocycles. The molecule has 26 heavy (non-hydrogen) atoms.